The van der Waals surface area contributed by atoms with Gasteiger partial charge in [0.05, 0.1) is 16.7 Å². The van der Waals surface area contributed by atoms with E-state index in [1.165, 1.54) is 0 Å². The number of rotatable bonds is 1. The van der Waals surface area contributed by atoms with Crippen molar-refractivity contribution in [3.05, 3.63) is 56.9 Å². The first kappa shape index (κ1) is 12.0. The molecule has 4 heteroatoms. The second-order valence-electron chi connectivity index (χ2n) is 5.39. The van der Waals surface area contributed by atoms with Crippen LogP contribution < -0.4 is 16.3 Å². The Morgan fingerprint density at radius 3 is 2.57 bits per heavy atom. The highest BCUT2D eigenvalue weighted by Gasteiger charge is 2.23. The van der Waals surface area contributed by atoms with Crippen LogP contribution in [0.1, 0.15) is 12.5 Å². The van der Waals surface area contributed by atoms with Crippen LogP contribution in [-0.4, -0.2) is 11.6 Å². The highest BCUT2D eigenvalue weighted by atomic mass is 16.1. The number of hydrogen-bond acceptors (Lipinski definition) is 3. The fraction of sp³-hybridized carbons (Fsp3) is 0.118. The molecule has 2 aliphatic heterocycles. The molecule has 0 aromatic heterocycles. The van der Waals surface area contributed by atoms with Gasteiger partial charge in [-0.05, 0) is 37.1 Å². The lowest BCUT2D eigenvalue weighted by Crippen LogP contribution is -2.24. The summed E-state index contributed by atoms with van der Waals surface area (Å²) in [6.45, 7) is 3.92. The summed E-state index contributed by atoms with van der Waals surface area (Å²) in [5.74, 6) is -0.493. The zero-order chi connectivity index (χ0) is 14.7. The van der Waals surface area contributed by atoms with E-state index < -0.39 is 5.91 Å². The van der Waals surface area contributed by atoms with Crippen LogP contribution in [0.5, 0.6) is 0 Å². The molecule has 1 amide bonds. The van der Waals surface area contributed by atoms with Gasteiger partial charge in [-0.15, -0.1) is 0 Å². The summed E-state index contributed by atoms with van der Waals surface area (Å²) in [7, 11) is 0. The number of primary amides is 1. The molecule has 0 bridgehead atoms. The number of hydrogen-bond donors (Lipinski definition) is 1. The van der Waals surface area contributed by atoms with E-state index in [1.807, 2.05) is 32.0 Å². The molecule has 0 saturated carbocycles. The molecule has 4 nitrogen and oxygen atoms in total. The predicted molar refractivity (Wildman–Crippen MR) is 81.1 cm³/mol. The van der Waals surface area contributed by atoms with Crippen molar-refractivity contribution >= 4 is 28.6 Å². The molecule has 0 aliphatic carbocycles. The van der Waals surface area contributed by atoms with Crippen molar-refractivity contribution in [2.75, 3.05) is 0 Å². The van der Waals surface area contributed by atoms with Crippen LogP contribution in [0.4, 0.5) is 11.4 Å². The average Bonchev–Trinajstić information content (AvgIpc) is 2.98. The van der Waals surface area contributed by atoms with E-state index in [0.29, 0.717) is 5.71 Å². The summed E-state index contributed by atoms with van der Waals surface area (Å²) in [6.07, 6.45) is 0. The van der Waals surface area contributed by atoms with Crippen molar-refractivity contribution in [2.45, 2.75) is 13.8 Å². The number of aliphatic imine (C=N–C) groups is 1. The highest BCUT2D eigenvalue weighted by molar-refractivity contribution is 6.54. The van der Waals surface area contributed by atoms with Crippen molar-refractivity contribution in [1.29, 1.82) is 0 Å². The SMILES string of the molecule is CC1=c2c(C)cc3c(c2N=C1C(N)=O)N=c1ccccc1=3. The lowest BCUT2D eigenvalue weighted by Gasteiger charge is -2.01. The molecule has 0 spiro atoms. The number of nitrogens with zero attached hydrogens (tertiary/aromatic N) is 2. The molecule has 2 heterocycles. The maximum Gasteiger partial charge on any atom is 0.267 e. The van der Waals surface area contributed by atoms with Crippen LogP contribution in [0.3, 0.4) is 0 Å². The molecule has 0 radical (unpaired) electrons. The van der Waals surface area contributed by atoms with E-state index in [-0.39, 0.29) is 0 Å². The molecule has 102 valence electrons. The standard InChI is InChI=1S/C17H13N3O/c1-8-7-11-10-5-3-4-6-12(10)19-15(11)16-13(8)9(2)14(20-16)17(18)21/h3-7H,1-2H3,(H2,18,21). The van der Waals surface area contributed by atoms with Gasteiger partial charge in [0, 0.05) is 15.7 Å². The molecule has 0 fully saturated rings. The number of nitrogens with two attached hydrogens (primary N) is 1. The number of benzene rings is 2. The van der Waals surface area contributed by atoms with Crippen molar-refractivity contribution < 1.29 is 4.79 Å². The van der Waals surface area contributed by atoms with Gasteiger partial charge in [-0.1, -0.05) is 18.2 Å². The second kappa shape index (κ2) is 3.88. The Bertz CT molecular complexity index is 1080. The summed E-state index contributed by atoms with van der Waals surface area (Å²) in [4.78, 5) is 20.7. The topological polar surface area (TPSA) is 67.8 Å². The van der Waals surface area contributed by atoms with Crippen LogP contribution in [0, 0.1) is 17.4 Å². The Balaban J connectivity index is 2.24. The summed E-state index contributed by atoms with van der Waals surface area (Å²) >= 11 is 0. The lowest BCUT2D eigenvalue weighted by atomic mass is 10.0. The monoisotopic (exact) mass is 275 g/mol. The first-order chi connectivity index (χ1) is 10.1. The van der Waals surface area contributed by atoms with E-state index >= 15 is 0 Å². The lowest BCUT2D eigenvalue weighted by molar-refractivity contribution is -0.111. The Labute approximate surface area is 120 Å². The number of carbonyl (C=O) groups is 1. The average molecular weight is 275 g/mol. The Hall–Kier alpha value is -2.75. The number of para-hydroxylation sites is 1. The smallest absolute Gasteiger partial charge is 0.267 e. The minimum absolute atomic E-state index is 0.340. The third-order valence-corrected chi connectivity index (χ3v) is 4.09. The Morgan fingerprint density at radius 1 is 1.05 bits per heavy atom. The van der Waals surface area contributed by atoms with E-state index in [9.17, 15) is 4.79 Å². The van der Waals surface area contributed by atoms with Gasteiger partial charge < -0.3 is 5.73 Å². The Morgan fingerprint density at radius 2 is 1.81 bits per heavy atom. The number of aryl methyl sites for hydroxylation is 1. The molecule has 0 unspecified atom stereocenters. The minimum Gasteiger partial charge on any atom is -0.364 e. The first-order valence-corrected chi connectivity index (χ1v) is 6.79. The third-order valence-electron chi connectivity index (χ3n) is 4.09. The maximum atomic E-state index is 11.6. The highest BCUT2D eigenvalue weighted by Crippen LogP contribution is 2.32. The Kier molecular flexibility index (Phi) is 2.22. The van der Waals surface area contributed by atoms with Crippen LogP contribution in [0.15, 0.2) is 40.3 Å². The van der Waals surface area contributed by atoms with Gasteiger partial charge in [0.15, 0.2) is 0 Å². The number of carbonyl (C=O) groups excluding carboxylic acids is 1. The van der Waals surface area contributed by atoms with Gasteiger partial charge in [-0.3, -0.25) is 4.79 Å². The summed E-state index contributed by atoms with van der Waals surface area (Å²) in [6, 6.07) is 10.1. The van der Waals surface area contributed by atoms with Crippen LogP contribution in [0.2, 0.25) is 0 Å². The quantitative estimate of drug-likeness (QED) is 0.714. The van der Waals surface area contributed by atoms with Gasteiger partial charge in [0.1, 0.15) is 5.71 Å². The van der Waals surface area contributed by atoms with Crippen molar-refractivity contribution in [2.24, 2.45) is 15.7 Å². The van der Waals surface area contributed by atoms with E-state index in [2.05, 4.69) is 22.1 Å². The molecule has 2 N–H and O–H groups in total. The largest absolute Gasteiger partial charge is 0.364 e. The first-order valence-electron chi connectivity index (χ1n) is 6.79. The van der Waals surface area contributed by atoms with Gasteiger partial charge in [0.25, 0.3) is 5.91 Å². The van der Waals surface area contributed by atoms with Gasteiger partial charge in [-0.2, -0.15) is 0 Å². The van der Waals surface area contributed by atoms with Crippen LogP contribution in [0.25, 0.3) is 5.57 Å². The molecule has 4 rings (SSSR count). The molecular formula is C17H13N3O. The molecule has 2 aromatic carbocycles. The van der Waals surface area contributed by atoms with E-state index in [4.69, 9.17) is 5.73 Å². The molecule has 0 atom stereocenters. The molecule has 2 aromatic rings. The minimum atomic E-state index is -0.493. The molecule has 2 aliphatic rings. The van der Waals surface area contributed by atoms with Gasteiger partial charge >= 0.3 is 0 Å². The fourth-order valence-electron chi connectivity index (χ4n) is 3.16. The van der Waals surface area contributed by atoms with Crippen LogP contribution in [-0.2, 0) is 4.79 Å². The second-order valence-corrected chi connectivity index (χ2v) is 5.39. The normalized spacial score (nSPS) is 14.2. The molecular weight excluding hydrogens is 262 g/mol. The van der Waals surface area contributed by atoms with Crippen molar-refractivity contribution in [1.82, 2.24) is 0 Å². The van der Waals surface area contributed by atoms with Crippen molar-refractivity contribution in [3.8, 4) is 0 Å². The fourth-order valence-corrected chi connectivity index (χ4v) is 3.16. The van der Waals surface area contributed by atoms with Crippen LogP contribution >= 0.6 is 0 Å². The zero-order valence-electron chi connectivity index (χ0n) is 11.8. The number of fused-ring (bicyclic) bond motifs is 4. The van der Waals surface area contributed by atoms with E-state index in [1.54, 1.807) is 0 Å². The van der Waals surface area contributed by atoms with Gasteiger partial charge in [0.2, 0.25) is 0 Å². The summed E-state index contributed by atoms with van der Waals surface area (Å²) in [5.41, 5.74) is 9.31. The van der Waals surface area contributed by atoms with E-state index in [0.717, 1.165) is 43.5 Å². The molecule has 0 saturated heterocycles. The summed E-state index contributed by atoms with van der Waals surface area (Å²) in [5, 5.41) is 4.11. The van der Waals surface area contributed by atoms with Crippen molar-refractivity contribution in [3.63, 3.8) is 0 Å². The third kappa shape index (κ3) is 1.47. The predicted octanol–water partition coefficient (Wildman–Crippen LogP) is 1.29. The molecule has 21 heavy (non-hydrogen) atoms. The number of amides is 1. The van der Waals surface area contributed by atoms with Gasteiger partial charge in [-0.25, -0.2) is 9.98 Å². The summed E-state index contributed by atoms with van der Waals surface area (Å²) < 4.78 is 0. The zero-order valence-corrected chi connectivity index (χ0v) is 11.8. The maximum absolute atomic E-state index is 11.6.